The molecule has 3 rings (SSSR count). The van der Waals surface area contributed by atoms with E-state index in [4.69, 9.17) is 9.47 Å². The number of ether oxygens (including phenoxy) is 2. The molecule has 2 aromatic rings. The number of fused-ring (bicyclic) bond motifs is 1. The molecular weight excluding hydrogens is 372 g/mol. The number of rotatable bonds is 6. The highest BCUT2D eigenvalue weighted by Gasteiger charge is 2.25. The Hall–Kier alpha value is -1.93. The lowest BCUT2D eigenvalue weighted by Crippen LogP contribution is -2.26. The molecule has 6 nitrogen and oxygen atoms in total. The molecule has 8 heteroatoms. The third kappa shape index (κ3) is 3.76. The Balaban J connectivity index is 2.09. The highest BCUT2D eigenvalue weighted by atomic mass is 32.2. The van der Waals surface area contributed by atoms with Gasteiger partial charge in [0.15, 0.2) is 5.16 Å². The van der Waals surface area contributed by atoms with Gasteiger partial charge in [-0.1, -0.05) is 17.8 Å². The van der Waals surface area contributed by atoms with Crippen molar-refractivity contribution in [3.05, 3.63) is 40.3 Å². The molecule has 1 aliphatic heterocycles. The number of methoxy groups -OCH3 is 1. The average Bonchev–Trinajstić information content (AvgIpc) is 3.11. The Morgan fingerprint density at radius 2 is 2.27 bits per heavy atom. The van der Waals surface area contributed by atoms with E-state index in [1.807, 2.05) is 18.2 Å². The van der Waals surface area contributed by atoms with Crippen molar-refractivity contribution in [2.24, 2.45) is 0 Å². The Bertz CT molecular complexity index is 882. The number of aryl methyl sites for hydroxylation is 1. The van der Waals surface area contributed by atoms with Gasteiger partial charge >= 0.3 is 5.97 Å². The van der Waals surface area contributed by atoms with Gasteiger partial charge in [-0.15, -0.1) is 11.8 Å². The summed E-state index contributed by atoms with van der Waals surface area (Å²) in [4.78, 5) is 30.5. The van der Waals surface area contributed by atoms with Crippen LogP contribution in [0.5, 0.6) is 5.75 Å². The lowest BCUT2D eigenvalue weighted by atomic mass is 10.3. The first-order chi connectivity index (χ1) is 12.5. The average molecular weight is 393 g/mol. The summed E-state index contributed by atoms with van der Waals surface area (Å²) in [6.45, 7) is 3.85. The number of carbonyl (C=O) groups excluding carboxylic acids is 1. The van der Waals surface area contributed by atoms with Crippen molar-refractivity contribution in [3.63, 3.8) is 0 Å². The molecule has 2 heterocycles. The summed E-state index contributed by atoms with van der Waals surface area (Å²) in [7, 11) is 1.58. The van der Waals surface area contributed by atoms with Crippen LogP contribution in [0.3, 0.4) is 0 Å². The van der Waals surface area contributed by atoms with Gasteiger partial charge in [-0.25, -0.2) is 4.98 Å². The zero-order valence-electron chi connectivity index (χ0n) is 14.9. The van der Waals surface area contributed by atoms with Gasteiger partial charge in [0.1, 0.15) is 11.0 Å². The van der Waals surface area contributed by atoms with E-state index in [0.717, 1.165) is 17.9 Å². The summed E-state index contributed by atoms with van der Waals surface area (Å²) in [5, 5.41) is 0.0240. The summed E-state index contributed by atoms with van der Waals surface area (Å²) in [6, 6.07) is 7.26. The summed E-state index contributed by atoms with van der Waals surface area (Å²) in [5.74, 6) is 1.17. The molecular formula is C18H20N2O4S2. The minimum atomic E-state index is -0.467. The Morgan fingerprint density at radius 1 is 1.46 bits per heavy atom. The second-order valence-corrected chi connectivity index (χ2v) is 8.04. The van der Waals surface area contributed by atoms with Crippen molar-refractivity contribution >= 4 is 29.5 Å². The van der Waals surface area contributed by atoms with Crippen LogP contribution in [0.4, 0.5) is 0 Å². The highest BCUT2D eigenvalue weighted by Crippen LogP contribution is 2.32. The SMILES string of the molecule is CCOC(=O)C(C)Sc1nc2c(c(=O)n1-c1cccc(OC)c1)SCC2. The zero-order valence-corrected chi connectivity index (χ0v) is 16.5. The van der Waals surface area contributed by atoms with Gasteiger partial charge in [-0.2, -0.15) is 0 Å². The van der Waals surface area contributed by atoms with Gasteiger partial charge in [-0.05, 0) is 26.0 Å². The van der Waals surface area contributed by atoms with Crippen molar-refractivity contribution in [3.8, 4) is 11.4 Å². The number of nitrogens with zero attached hydrogens (tertiary/aromatic N) is 2. The van der Waals surface area contributed by atoms with Crippen molar-refractivity contribution in [2.45, 2.75) is 35.6 Å². The Kier molecular flexibility index (Phi) is 5.93. The first kappa shape index (κ1) is 18.8. The van der Waals surface area contributed by atoms with Gasteiger partial charge in [0.05, 0.1) is 30.0 Å². The number of aromatic nitrogens is 2. The van der Waals surface area contributed by atoms with Crippen LogP contribution >= 0.6 is 23.5 Å². The van der Waals surface area contributed by atoms with Gasteiger partial charge in [-0.3, -0.25) is 14.2 Å². The summed E-state index contributed by atoms with van der Waals surface area (Å²) in [6.07, 6.45) is 0.759. The van der Waals surface area contributed by atoms with Crippen LogP contribution in [-0.4, -0.2) is 40.2 Å². The molecule has 0 amide bonds. The maximum Gasteiger partial charge on any atom is 0.319 e. The fourth-order valence-corrected chi connectivity index (χ4v) is 4.58. The number of hydrogen-bond donors (Lipinski definition) is 0. The molecule has 0 bridgehead atoms. The van der Waals surface area contributed by atoms with E-state index in [9.17, 15) is 9.59 Å². The van der Waals surface area contributed by atoms with Crippen LogP contribution in [0.15, 0.2) is 39.1 Å². The predicted octanol–water partition coefficient (Wildman–Crippen LogP) is 2.93. The monoisotopic (exact) mass is 392 g/mol. The molecule has 0 spiro atoms. The summed E-state index contributed by atoms with van der Waals surface area (Å²) in [5.41, 5.74) is 1.36. The van der Waals surface area contributed by atoms with E-state index in [-0.39, 0.29) is 11.5 Å². The third-order valence-corrected chi connectivity index (χ3v) is 6.02. The Labute approximate surface area is 160 Å². The molecule has 0 fully saturated rings. The molecule has 138 valence electrons. The molecule has 1 aliphatic rings. The number of thioether (sulfide) groups is 2. The zero-order chi connectivity index (χ0) is 18.7. The van der Waals surface area contributed by atoms with Crippen molar-refractivity contribution in [1.82, 2.24) is 9.55 Å². The standard InChI is InChI=1S/C18H20N2O4S2/c1-4-24-17(22)11(2)26-18-19-14-8-9-25-15(14)16(21)20(18)12-6-5-7-13(10-12)23-3/h5-7,10-11H,4,8-9H2,1-3H3. The molecule has 26 heavy (non-hydrogen) atoms. The van der Waals surface area contributed by atoms with E-state index < -0.39 is 5.25 Å². The molecule has 0 saturated carbocycles. The first-order valence-corrected chi connectivity index (χ1v) is 10.2. The van der Waals surface area contributed by atoms with E-state index >= 15 is 0 Å². The summed E-state index contributed by atoms with van der Waals surface area (Å²) >= 11 is 2.76. The van der Waals surface area contributed by atoms with E-state index in [1.165, 1.54) is 23.5 Å². The number of esters is 1. The maximum atomic E-state index is 13.1. The molecule has 0 radical (unpaired) electrons. The second kappa shape index (κ2) is 8.18. The lowest BCUT2D eigenvalue weighted by molar-refractivity contribution is -0.142. The Morgan fingerprint density at radius 3 is 3.00 bits per heavy atom. The third-order valence-electron chi connectivity index (χ3n) is 3.88. The quantitative estimate of drug-likeness (QED) is 0.425. The van der Waals surface area contributed by atoms with Crippen molar-refractivity contribution in [1.29, 1.82) is 0 Å². The van der Waals surface area contributed by atoms with Crippen LogP contribution in [-0.2, 0) is 16.0 Å². The minimum absolute atomic E-state index is 0.107. The van der Waals surface area contributed by atoms with Gasteiger partial charge in [0, 0.05) is 18.2 Å². The molecule has 0 saturated heterocycles. The van der Waals surface area contributed by atoms with Gasteiger partial charge in [0.25, 0.3) is 5.56 Å². The smallest absolute Gasteiger partial charge is 0.319 e. The molecule has 1 aromatic carbocycles. The van der Waals surface area contributed by atoms with E-state index in [0.29, 0.717) is 28.1 Å². The van der Waals surface area contributed by atoms with E-state index in [1.54, 1.807) is 31.6 Å². The largest absolute Gasteiger partial charge is 0.497 e. The second-order valence-electron chi connectivity index (χ2n) is 5.62. The van der Waals surface area contributed by atoms with Crippen molar-refractivity contribution in [2.75, 3.05) is 19.5 Å². The molecule has 1 aromatic heterocycles. The van der Waals surface area contributed by atoms with Gasteiger partial charge in [0.2, 0.25) is 0 Å². The fourth-order valence-electron chi connectivity index (χ4n) is 2.61. The number of hydrogen-bond acceptors (Lipinski definition) is 7. The van der Waals surface area contributed by atoms with E-state index in [2.05, 4.69) is 4.98 Å². The number of carbonyl (C=O) groups is 1. The molecule has 1 unspecified atom stereocenters. The molecule has 0 N–H and O–H groups in total. The predicted molar refractivity (Wildman–Crippen MR) is 103 cm³/mol. The highest BCUT2D eigenvalue weighted by molar-refractivity contribution is 8.00. The van der Waals surface area contributed by atoms with Crippen LogP contribution in [0.1, 0.15) is 19.5 Å². The molecule has 1 atom stereocenters. The first-order valence-electron chi connectivity index (χ1n) is 8.31. The normalized spacial score (nSPS) is 14.0. The number of benzene rings is 1. The van der Waals surface area contributed by atoms with Crippen molar-refractivity contribution < 1.29 is 14.3 Å². The fraction of sp³-hybridized carbons (Fsp3) is 0.389. The summed E-state index contributed by atoms with van der Waals surface area (Å²) < 4.78 is 11.9. The minimum Gasteiger partial charge on any atom is -0.497 e. The topological polar surface area (TPSA) is 70.4 Å². The van der Waals surface area contributed by atoms with Crippen LogP contribution < -0.4 is 10.3 Å². The van der Waals surface area contributed by atoms with Crippen LogP contribution in [0, 0.1) is 0 Å². The van der Waals surface area contributed by atoms with Crippen LogP contribution in [0.25, 0.3) is 5.69 Å². The van der Waals surface area contributed by atoms with Crippen LogP contribution in [0.2, 0.25) is 0 Å². The molecule has 0 aliphatic carbocycles. The lowest BCUT2D eigenvalue weighted by Gasteiger charge is -2.16. The van der Waals surface area contributed by atoms with Gasteiger partial charge < -0.3 is 9.47 Å². The maximum absolute atomic E-state index is 13.1.